The largest absolute Gasteiger partial charge is 0.497 e. The Labute approximate surface area is 257 Å². The summed E-state index contributed by atoms with van der Waals surface area (Å²) in [6.07, 6.45) is 7.01. The van der Waals surface area contributed by atoms with Gasteiger partial charge in [0.15, 0.2) is 6.29 Å². The first-order valence-electron chi connectivity index (χ1n) is 14.8. The van der Waals surface area contributed by atoms with Crippen LogP contribution in [-0.4, -0.2) is 58.1 Å². The van der Waals surface area contributed by atoms with Crippen molar-refractivity contribution in [2.45, 2.75) is 78.5 Å². The maximum Gasteiger partial charge on any atom is 0.184 e. The van der Waals surface area contributed by atoms with Gasteiger partial charge in [0.05, 0.1) is 34.1 Å². The number of thioether (sulfide) groups is 4. The molecular formula is C32H44O4S4. The van der Waals surface area contributed by atoms with Crippen LogP contribution in [0.1, 0.15) is 69.3 Å². The van der Waals surface area contributed by atoms with Crippen molar-refractivity contribution in [3.05, 3.63) is 65.7 Å². The van der Waals surface area contributed by atoms with E-state index in [2.05, 4.69) is 84.3 Å². The Bertz CT molecular complexity index is 1020. The number of aliphatic hydroxyl groups is 1. The predicted octanol–water partition coefficient (Wildman–Crippen LogP) is 8.35. The monoisotopic (exact) mass is 620 g/mol. The lowest BCUT2D eigenvalue weighted by atomic mass is 9.87. The number of hydrogen-bond acceptors (Lipinski definition) is 8. The third-order valence-electron chi connectivity index (χ3n) is 8.25. The van der Waals surface area contributed by atoms with E-state index in [1.165, 1.54) is 41.4 Å². The van der Waals surface area contributed by atoms with Crippen LogP contribution >= 0.6 is 47.0 Å². The molecule has 40 heavy (non-hydrogen) atoms. The van der Waals surface area contributed by atoms with Crippen molar-refractivity contribution < 1.29 is 19.3 Å². The second-order valence-electron chi connectivity index (χ2n) is 10.9. The van der Waals surface area contributed by atoms with Crippen LogP contribution < -0.4 is 4.74 Å². The van der Waals surface area contributed by atoms with Crippen LogP contribution in [0.2, 0.25) is 0 Å². The average Bonchev–Trinajstić information content (AvgIpc) is 3.48. The molecule has 0 amide bonds. The summed E-state index contributed by atoms with van der Waals surface area (Å²) in [7, 11) is 1.68. The summed E-state index contributed by atoms with van der Waals surface area (Å²) in [4.78, 5) is 0. The van der Waals surface area contributed by atoms with E-state index in [9.17, 15) is 5.11 Å². The molecule has 0 saturated carbocycles. The third-order valence-corrected chi connectivity index (χ3v) is 15.4. The Kier molecular flexibility index (Phi) is 11.5. The van der Waals surface area contributed by atoms with Crippen LogP contribution in [0.4, 0.5) is 0 Å². The number of benzene rings is 2. The number of ether oxygens (including phenoxy) is 3. The second kappa shape index (κ2) is 14.8. The Hall–Kier alpha value is -0.480. The topological polar surface area (TPSA) is 47.9 Å². The molecule has 4 nitrogen and oxygen atoms in total. The highest BCUT2D eigenvalue weighted by molar-refractivity contribution is 8.19. The third kappa shape index (κ3) is 7.35. The van der Waals surface area contributed by atoms with Crippen molar-refractivity contribution in [2.24, 2.45) is 5.92 Å². The zero-order chi connectivity index (χ0) is 27.8. The molecule has 4 atom stereocenters. The van der Waals surface area contributed by atoms with Gasteiger partial charge in [0.25, 0.3) is 0 Å². The molecule has 0 radical (unpaired) electrons. The minimum atomic E-state index is -0.327. The van der Waals surface area contributed by atoms with E-state index in [1.807, 2.05) is 24.3 Å². The molecule has 3 aliphatic heterocycles. The fraction of sp³-hybridized carbons (Fsp3) is 0.625. The van der Waals surface area contributed by atoms with Gasteiger partial charge in [-0.15, -0.1) is 47.0 Å². The molecule has 0 aromatic heterocycles. The smallest absolute Gasteiger partial charge is 0.184 e. The van der Waals surface area contributed by atoms with E-state index in [-0.39, 0.29) is 32.6 Å². The minimum absolute atomic E-state index is 0.0651. The van der Waals surface area contributed by atoms with Crippen LogP contribution in [0.3, 0.4) is 0 Å². The van der Waals surface area contributed by atoms with Crippen LogP contribution in [-0.2, 0) is 13.6 Å². The number of methoxy groups -OCH3 is 1. The van der Waals surface area contributed by atoms with Gasteiger partial charge < -0.3 is 19.3 Å². The molecule has 5 rings (SSSR count). The van der Waals surface area contributed by atoms with Crippen LogP contribution in [0.15, 0.2) is 54.6 Å². The molecule has 3 fully saturated rings. The molecule has 0 aliphatic carbocycles. The molecule has 0 spiro atoms. The Balaban J connectivity index is 1.22. The van der Waals surface area contributed by atoms with Crippen LogP contribution in [0.25, 0.3) is 0 Å². The number of aliphatic hydroxyl groups excluding tert-OH is 1. The molecule has 3 heterocycles. The second-order valence-corrected chi connectivity index (χ2v) is 17.1. The average molecular weight is 621 g/mol. The molecule has 3 aliphatic rings. The highest BCUT2D eigenvalue weighted by Crippen LogP contribution is 2.59. The molecule has 220 valence electrons. The van der Waals surface area contributed by atoms with Gasteiger partial charge in [0, 0.05) is 11.5 Å². The van der Waals surface area contributed by atoms with E-state index >= 15 is 0 Å². The maximum absolute atomic E-state index is 12.0. The van der Waals surface area contributed by atoms with Crippen molar-refractivity contribution in [2.75, 3.05) is 36.7 Å². The first-order valence-corrected chi connectivity index (χ1v) is 18.7. The van der Waals surface area contributed by atoms with Crippen molar-refractivity contribution in [3.8, 4) is 5.75 Å². The van der Waals surface area contributed by atoms with Crippen molar-refractivity contribution in [3.63, 3.8) is 0 Å². The lowest BCUT2D eigenvalue weighted by Crippen LogP contribution is -2.42. The minimum Gasteiger partial charge on any atom is -0.497 e. The van der Waals surface area contributed by atoms with Crippen LogP contribution in [0.5, 0.6) is 5.75 Å². The van der Waals surface area contributed by atoms with Crippen molar-refractivity contribution >= 4 is 47.0 Å². The van der Waals surface area contributed by atoms with Gasteiger partial charge in [0.2, 0.25) is 0 Å². The van der Waals surface area contributed by atoms with E-state index in [1.54, 1.807) is 7.11 Å². The molecule has 1 N–H and O–H groups in total. The first kappa shape index (κ1) is 31.0. The van der Waals surface area contributed by atoms with E-state index in [4.69, 9.17) is 14.2 Å². The summed E-state index contributed by atoms with van der Waals surface area (Å²) in [6, 6.07) is 18.9. The molecule has 8 heteroatoms. The van der Waals surface area contributed by atoms with Gasteiger partial charge in [-0.25, -0.2) is 0 Å². The standard InChI is InChI=1S/C32H44O4S4/c1-3-28(32(39-20-9-21-40-32)25-10-5-4-6-11-25)29(33)22-31(37-18-8-19-38-31)17-7-12-27-23-35-30(36-27)24-13-15-26(34-2)16-14-24/h4-6,10-11,13-16,27-30,33H,3,7-9,12,17-23H2,1-2H3/t27-,28-,29+,30?/m0/s1. The van der Waals surface area contributed by atoms with Gasteiger partial charge in [-0.1, -0.05) is 49.4 Å². The number of hydrogen-bond donors (Lipinski definition) is 1. The van der Waals surface area contributed by atoms with Gasteiger partial charge in [-0.3, -0.25) is 0 Å². The van der Waals surface area contributed by atoms with E-state index in [0.29, 0.717) is 6.61 Å². The summed E-state index contributed by atoms with van der Waals surface area (Å²) in [5.41, 5.74) is 2.41. The molecule has 1 unspecified atom stereocenters. The highest BCUT2D eigenvalue weighted by atomic mass is 32.2. The molecule has 3 saturated heterocycles. The summed E-state index contributed by atoms with van der Waals surface area (Å²) < 4.78 is 17.6. The lowest BCUT2D eigenvalue weighted by molar-refractivity contribution is -0.0614. The fourth-order valence-electron chi connectivity index (χ4n) is 6.18. The van der Waals surface area contributed by atoms with E-state index < -0.39 is 0 Å². The summed E-state index contributed by atoms with van der Waals surface area (Å²) >= 11 is 8.34. The highest BCUT2D eigenvalue weighted by Gasteiger charge is 2.48. The SMILES string of the molecule is CC[C@@H]([C@H](O)CC1(CCC[C@H]2COC(c3ccc(OC)cc3)O2)SCCCS1)C1(c2ccccc2)SCCCS1. The molecule has 2 aromatic carbocycles. The zero-order valence-electron chi connectivity index (χ0n) is 23.8. The maximum atomic E-state index is 12.0. The Morgan fingerprint density at radius 2 is 1.62 bits per heavy atom. The quantitative estimate of drug-likeness (QED) is 0.254. The predicted molar refractivity (Wildman–Crippen MR) is 175 cm³/mol. The lowest BCUT2D eigenvalue weighted by Gasteiger charge is -2.47. The van der Waals surface area contributed by atoms with Gasteiger partial charge in [0.1, 0.15) is 5.75 Å². The fourth-order valence-corrected chi connectivity index (χ4v) is 13.6. The van der Waals surface area contributed by atoms with Gasteiger partial charge in [-0.05, 0) is 85.7 Å². The molecule has 2 aromatic rings. The van der Waals surface area contributed by atoms with Crippen molar-refractivity contribution in [1.29, 1.82) is 0 Å². The summed E-state index contributed by atoms with van der Waals surface area (Å²) in [5, 5.41) is 12.0. The first-order chi connectivity index (χ1) is 19.6. The molecular weight excluding hydrogens is 577 g/mol. The normalized spacial score (nSPS) is 25.8. The summed E-state index contributed by atoms with van der Waals surface area (Å²) in [5.74, 6) is 5.77. The van der Waals surface area contributed by atoms with Crippen molar-refractivity contribution in [1.82, 2.24) is 0 Å². The Morgan fingerprint density at radius 3 is 2.27 bits per heavy atom. The Morgan fingerprint density at radius 1 is 0.950 bits per heavy atom. The molecule has 0 bridgehead atoms. The summed E-state index contributed by atoms with van der Waals surface area (Å²) in [6.45, 7) is 2.91. The zero-order valence-corrected chi connectivity index (χ0v) is 27.1. The van der Waals surface area contributed by atoms with Gasteiger partial charge in [-0.2, -0.15) is 0 Å². The van der Waals surface area contributed by atoms with Gasteiger partial charge >= 0.3 is 0 Å². The van der Waals surface area contributed by atoms with E-state index in [0.717, 1.165) is 43.4 Å². The number of rotatable bonds is 12. The van der Waals surface area contributed by atoms with Crippen LogP contribution in [0, 0.1) is 5.92 Å².